The molecule has 2 aromatic carbocycles. The lowest BCUT2D eigenvalue weighted by atomic mass is 10.0. The predicted molar refractivity (Wildman–Crippen MR) is 153 cm³/mol. The van der Waals surface area contributed by atoms with Crippen LogP contribution in [-0.2, 0) is 0 Å². The van der Waals surface area contributed by atoms with Gasteiger partial charge in [0.15, 0.2) is 11.6 Å². The van der Waals surface area contributed by atoms with E-state index in [1.807, 2.05) is 24.3 Å². The van der Waals surface area contributed by atoms with Crippen LogP contribution < -0.4 is 9.47 Å². The molecule has 2 aromatic rings. The molecule has 0 heterocycles. The maximum Gasteiger partial charge on any atom is 0.170 e. The van der Waals surface area contributed by atoms with Crippen molar-refractivity contribution in [3.63, 3.8) is 0 Å². The zero-order chi connectivity index (χ0) is 26.6. The van der Waals surface area contributed by atoms with Gasteiger partial charge in [-0.1, -0.05) is 90.9 Å². The summed E-state index contributed by atoms with van der Waals surface area (Å²) < 4.78 is 11.6. The Morgan fingerprint density at radius 1 is 0.486 bits per heavy atom. The number of hydrogen-bond acceptors (Lipinski definition) is 4. The summed E-state index contributed by atoms with van der Waals surface area (Å²) in [6, 6.07) is 14.2. The first-order chi connectivity index (χ1) is 18.1. The maximum atomic E-state index is 12.6. The second-order valence-corrected chi connectivity index (χ2v) is 10.0. The second kappa shape index (κ2) is 19.5. The van der Waals surface area contributed by atoms with Crippen LogP contribution in [0.2, 0.25) is 0 Å². The van der Waals surface area contributed by atoms with Gasteiger partial charge in [0, 0.05) is 11.1 Å². The minimum absolute atomic E-state index is 0.142. The van der Waals surface area contributed by atoms with E-state index >= 15 is 0 Å². The van der Waals surface area contributed by atoms with Gasteiger partial charge in [-0.15, -0.1) is 0 Å². The van der Waals surface area contributed by atoms with Gasteiger partial charge in [-0.2, -0.15) is 0 Å². The molecule has 0 N–H and O–H groups in total. The van der Waals surface area contributed by atoms with E-state index in [9.17, 15) is 9.59 Å². The lowest BCUT2D eigenvalue weighted by molar-refractivity contribution is 0.0894. The first kappa shape index (κ1) is 30.6. The molecule has 0 bridgehead atoms. The largest absolute Gasteiger partial charge is 0.494 e. The summed E-state index contributed by atoms with van der Waals surface area (Å²) in [7, 11) is 0. The Hall–Kier alpha value is -2.62. The lowest BCUT2D eigenvalue weighted by Gasteiger charge is -2.08. The van der Waals surface area contributed by atoms with Crippen LogP contribution in [-0.4, -0.2) is 24.8 Å². The molecular weight excluding hydrogens is 460 g/mol. The molecule has 204 valence electrons. The van der Waals surface area contributed by atoms with Crippen molar-refractivity contribution in [2.24, 2.45) is 0 Å². The Morgan fingerprint density at radius 2 is 0.811 bits per heavy atom. The van der Waals surface area contributed by atoms with Gasteiger partial charge in [0.1, 0.15) is 11.5 Å². The molecule has 0 saturated heterocycles. The third-order valence-electron chi connectivity index (χ3n) is 6.71. The number of carbonyl (C=O) groups excluding carboxylic acids is 2. The zero-order valence-electron chi connectivity index (χ0n) is 23.3. The fourth-order valence-corrected chi connectivity index (χ4v) is 4.32. The number of unbranched alkanes of at least 4 members (excludes halogenated alkanes) is 12. The molecule has 0 radical (unpaired) electrons. The van der Waals surface area contributed by atoms with Crippen molar-refractivity contribution in [3.05, 3.63) is 59.7 Å². The van der Waals surface area contributed by atoms with Crippen LogP contribution in [0.5, 0.6) is 11.5 Å². The monoisotopic (exact) mass is 508 g/mol. The molecule has 0 spiro atoms. The third kappa shape index (κ3) is 13.5. The van der Waals surface area contributed by atoms with Crippen molar-refractivity contribution in [2.45, 2.75) is 110 Å². The Balaban J connectivity index is 1.64. The van der Waals surface area contributed by atoms with Crippen molar-refractivity contribution in [1.29, 1.82) is 0 Å². The maximum absolute atomic E-state index is 12.6. The SMILES string of the molecule is CCCCCCCCCOc1ccc(C(=O)CC(=O)c2ccc(OCCCCCCCCC)cc2)cc1. The van der Waals surface area contributed by atoms with Crippen molar-refractivity contribution < 1.29 is 19.1 Å². The topological polar surface area (TPSA) is 52.6 Å². The Morgan fingerprint density at radius 3 is 1.16 bits per heavy atom. The molecule has 0 atom stereocenters. The fourth-order valence-electron chi connectivity index (χ4n) is 4.32. The molecule has 0 amide bonds. The van der Waals surface area contributed by atoms with Crippen LogP contribution in [0.15, 0.2) is 48.5 Å². The molecule has 37 heavy (non-hydrogen) atoms. The normalized spacial score (nSPS) is 10.9. The number of rotatable bonds is 22. The standard InChI is InChI=1S/C33H48O4/c1-3-5-7-9-11-13-15-25-36-30-21-17-28(18-22-30)32(34)27-33(35)29-19-23-31(24-20-29)37-26-16-14-12-10-8-6-4-2/h17-24H,3-16,25-27H2,1-2H3. The number of ketones is 2. The summed E-state index contributed by atoms with van der Waals surface area (Å²) in [5.41, 5.74) is 1.07. The lowest BCUT2D eigenvalue weighted by Crippen LogP contribution is -2.09. The van der Waals surface area contributed by atoms with E-state index in [4.69, 9.17) is 9.47 Å². The fraction of sp³-hybridized carbons (Fsp3) is 0.576. The quantitative estimate of drug-likeness (QED) is 0.0903. The highest BCUT2D eigenvalue weighted by molar-refractivity contribution is 6.13. The van der Waals surface area contributed by atoms with E-state index in [1.165, 1.54) is 77.0 Å². The summed E-state index contributed by atoms with van der Waals surface area (Å²) in [6.07, 6.45) is 17.3. The highest BCUT2D eigenvalue weighted by Gasteiger charge is 2.14. The van der Waals surface area contributed by atoms with Gasteiger partial charge in [0.2, 0.25) is 0 Å². The van der Waals surface area contributed by atoms with Crippen LogP contribution in [0, 0.1) is 0 Å². The molecule has 0 saturated carbocycles. The minimum Gasteiger partial charge on any atom is -0.494 e. The van der Waals surface area contributed by atoms with E-state index in [1.54, 1.807) is 24.3 Å². The van der Waals surface area contributed by atoms with Crippen molar-refractivity contribution in [2.75, 3.05) is 13.2 Å². The van der Waals surface area contributed by atoms with E-state index in [0.29, 0.717) is 24.3 Å². The smallest absolute Gasteiger partial charge is 0.170 e. The molecule has 2 rings (SSSR count). The highest BCUT2D eigenvalue weighted by Crippen LogP contribution is 2.18. The molecule has 0 aliphatic carbocycles. The first-order valence-electron chi connectivity index (χ1n) is 14.7. The number of Topliss-reactive ketones (excluding diaryl/α,β-unsaturated/α-hetero) is 2. The van der Waals surface area contributed by atoms with E-state index in [0.717, 1.165) is 24.3 Å². The highest BCUT2D eigenvalue weighted by atomic mass is 16.5. The molecule has 0 aliphatic heterocycles. The molecule has 0 unspecified atom stereocenters. The molecule has 0 fully saturated rings. The Kier molecular flexibility index (Phi) is 16.1. The van der Waals surface area contributed by atoms with Gasteiger partial charge in [-0.05, 0) is 61.4 Å². The number of carbonyl (C=O) groups is 2. The summed E-state index contributed by atoms with van der Waals surface area (Å²) in [6.45, 7) is 5.85. The summed E-state index contributed by atoms with van der Waals surface area (Å²) in [5, 5.41) is 0. The van der Waals surface area contributed by atoms with Crippen LogP contribution in [0.25, 0.3) is 0 Å². The Bertz CT molecular complexity index is 797. The first-order valence-corrected chi connectivity index (χ1v) is 14.7. The van der Waals surface area contributed by atoms with Crippen LogP contribution in [0.1, 0.15) is 131 Å². The summed E-state index contributed by atoms with van der Waals surface area (Å²) in [4.78, 5) is 25.2. The van der Waals surface area contributed by atoms with Gasteiger partial charge >= 0.3 is 0 Å². The molecule has 4 nitrogen and oxygen atoms in total. The van der Waals surface area contributed by atoms with Crippen molar-refractivity contribution in [1.82, 2.24) is 0 Å². The molecule has 0 aromatic heterocycles. The number of ether oxygens (including phenoxy) is 2. The van der Waals surface area contributed by atoms with E-state index in [2.05, 4.69) is 13.8 Å². The van der Waals surface area contributed by atoms with E-state index in [-0.39, 0.29) is 18.0 Å². The van der Waals surface area contributed by atoms with Gasteiger partial charge in [0.25, 0.3) is 0 Å². The zero-order valence-corrected chi connectivity index (χ0v) is 23.3. The Labute approximate surface area is 225 Å². The molecular formula is C33H48O4. The number of hydrogen-bond donors (Lipinski definition) is 0. The number of benzene rings is 2. The third-order valence-corrected chi connectivity index (χ3v) is 6.71. The van der Waals surface area contributed by atoms with Crippen molar-refractivity contribution in [3.8, 4) is 11.5 Å². The predicted octanol–water partition coefficient (Wildman–Crippen LogP) is 9.40. The van der Waals surface area contributed by atoms with Crippen LogP contribution in [0.3, 0.4) is 0 Å². The van der Waals surface area contributed by atoms with Crippen molar-refractivity contribution >= 4 is 11.6 Å². The second-order valence-electron chi connectivity index (χ2n) is 10.0. The van der Waals surface area contributed by atoms with Gasteiger partial charge in [0.05, 0.1) is 19.6 Å². The minimum atomic E-state index is -0.178. The summed E-state index contributed by atoms with van der Waals surface area (Å²) >= 11 is 0. The van der Waals surface area contributed by atoms with Gasteiger partial charge in [-0.25, -0.2) is 0 Å². The average Bonchev–Trinajstić information content (AvgIpc) is 2.92. The van der Waals surface area contributed by atoms with Gasteiger partial charge < -0.3 is 9.47 Å². The summed E-state index contributed by atoms with van der Waals surface area (Å²) in [5.74, 6) is 1.17. The van der Waals surface area contributed by atoms with Gasteiger partial charge in [-0.3, -0.25) is 9.59 Å². The molecule has 4 heteroatoms. The van der Waals surface area contributed by atoms with E-state index < -0.39 is 0 Å². The average molecular weight is 509 g/mol. The molecule has 0 aliphatic rings. The van der Waals surface area contributed by atoms with Crippen LogP contribution in [0.4, 0.5) is 0 Å². The van der Waals surface area contributed by atoms with Crippen LogP contribution >= 0.6 is 0 Å².